The van der Waals surface area contributed by atoms with Crippen LogP contribution in [0.4, 0.5) is 0 Å². The van der Waals surface area contributed by atoms with Crippen LogP contribution in [-0.4, -0.2) is 34.1 Å². The normalized spacial score (nSPS) is 18.9. The van der Waals surface area contributed by atoms with Gasteiger partial charge in [0.15, 0.2) is 0 Å². The van der Waals surface area contributed by atoms with Crippen molar-refractivity contribution in [1.29, 1.82) is 0 Å². The Morgan fingerprint density at radius 1 is 1.05 bits per heavy atom. The smallest absolute Gasteiger partial charge is 0.127 e. The Bertz CT molecular complexity index is 492. The van der Waals surface area contributed by atoms with E-state index in [0.29, 0.717) is 5.75 Å². The van der Waals surface area contributed by atoms with Gasteiger partial charge in [-0.05, 0) is 58.2 Å². The number of hydrogen-bond donors (Lipinski definition) is 3. The minimum atomic E-state index is -0.424. The molecule has 0 saturated carbocycles. The van der Waals surface area contributed by atoms with Gasteiger partial charge in [0, 0.05) is 12.2 Å². The van der Waals surface area contributed by atoms with Gasteiger partial charge in [-0.1, -0.05) is 0 Å². The van der Waals surface area contributed by atoms with E-state index in [9.17, 15) is 10.2 Å². The van der Waals surface area contributed by atoms with Crippen LogP contribution in [0.15, 0.2) is 0 Å². The van der Waals surface area contributed by atoms with Crippen molar-refractivity contribution in [3.05, 3.63) is 22.3 Å². The summed E-state index contributed by atoms with van der Waals surface area (Å²) in [5.41, 5.74) is 3.18. The average molecular weight is 282 g/mol. The number of hydrogen-bond acceptors (Lipinski definition) is 4. The van der Waals surface area contributed by atoms with Gasteiger partial charge in [-0.2, -0.15) is 0 Å². The van der Waals surface area contributed by atoms with Gasteiger partial charge in [-0.15, -0.1) is 0 Å². The van der Waals surface area contributed by atoms with Gasteiger partial charge in [0.1, 0.15) is 17.1 Å². The van der Waals surface area contributed by atoms with Gasteiger partial charge in [0.25, 0.3) is 0 Å². The number of aliphatic hydroxyl groups is 2. The molecule has 0 amide bonds. The summed E-state index contributed by atoms with van der Waals surface area (Å²) in [5, 5.41) is 27.2. The minimum Gasteiger partial charge on any atom is -0.507 e. The first kappa shape index (κ1) is 16.8. The van der Waals surface area contributed by atoms with E-state index < -0.39 is 5.60 Å². The van der Waals surface area contributed by atoms with Crippen molar-refractivity contribution in [2.24, 2.45) is 0 Å². The van der Waals surface area contributed by atoms with Crippen LogP contribution in [-0.2, 0) is 0 Å². The summed E-state index contributed by atoms with van der Waals surface area (Å²) in [6.07, 6.45) is 0. The van der Waals surface area contributed by atoms with Crippen molar-refractivity contribution >= 4 is 0 Å². The molecule has 0 aromatic heterocycles. The first-order chi connectivity index (χ1) is 9.22. The highest BCUT2D eigenvalue weighted by molar-refractivity contribution is 5.61. The molecule has 114 valence electrons. The molecule has 4 nitrogen and oxygen atoms in total. The van der Waals surface area contributed by atoms with Gasteiger partial charge < -0.3 is 20.1 Å². The van der Waals surface area contributed by atoms with Gasteiger partial charge in [-0.25, -0.2) is 0 Å². The number of aromatic hydroxyl groups is 1. The Morgan fingerprint density at radius 3 is 2.00 bits per heavy atom. The molecule has 1 aromatic carbocycles. The molecular formula is C16H26O4. The fourth-order valence-corrected chi connectivity index (χ4v) is 2.67. The van der Waals surface area contributed by atoms with Crippen LogP contribution < -0.4 is 4.74 Å². The third-order valence-corrected chi connectivity index (χ3v) is 4.00. The maximum atomic E-state index is 10.1. The van der Waals surface area contributed by atoms with Crippen LogP contribution in [0, 0.1) is 20.8 Å². The molecule has 1 atom stereocenters. The summed E-state index contributed by atoms with van der Waals surface area (Å²) < 4.78 is 5.97. The lowest BCUT2D eigenvalue weighted by molar-refractivity contribution is 0.0808. The van der Waals surface area contributed by atoms with Crippen LogP contribution in [0.5, 0.6) is 11.5 Å². The predicted molar refractivity (Wildman–Crippen MR) is 79.6 cm³/mol. The zero-order chi connectivity index (χ0) is 15.7. The molecule has 0 radical (unpaired) electrons. The van der Waals surface area contributed by atoms with E-state index >= 15 is 0 Å². The number of rotatable bonds is 1. The van der Waals surface area contributed by atoms with Crippen LogP contribution in [0.25, 0.3) is 0 Å². The standard InChI is InChI=1S/C14H20O3.C2H6O/c1-7-8(2)13-11(9(3)12(7)16)10(6-15)14(4,5)17-13;1-2-3/h10,15-16H,6H2,1-5H3;3H,2H2,1H3. The summed E-state index contributed by atoms with van der Waals surface area (Å²) in [6.45, 7) is 11.6. The van der Waals surface area contributed by atoms with Crippen molar-refractivity contribution < 1.29 is 20.1 Å². The third kappa shape index (κ3) is 2.63. The van der Waals surface area contributed by atoms with Gasteiger partial charge in [0.2, 0.25) is 0 Å². The molecule has 4 heteroatoms. The molecule has 0 fully saturated rings. The zero-order valence-electron chi connectivity index (χ0n) is 13.2. The fraction of sp³-hybridized carbons (Fsp3) is 0.625. The number of benzene rings is 1. The zero-order valence-corrected chi connectivity index (χ0v) is 13.2. The van der Waals surface area contributed by atoms with Crippen LogP contribution >= 0.6 is 0 Å². The molecule has 0 aliphatic carbocycles. The van der Waals surface area contributed by atoms with Crippen molar-refractivity contribution in [2.45, 2.75) is 53.1 Å². The molecule has 0 bridgehead atoms. The van der Waals surface area contributed by atoms with Gasteiger partial charge >= 0.3 is 0 Å². The topological polar surface area (TPSA) is 69.9 Å². The van der Waals surface area contributed by atoms with Crippen LogP contribution in [0.1, 0.15) is 48.9 Å². The Morgan fingerprint density at radius 2 is 1.55 bits per heavy atom. The molecule has 1 aliphatic heterocycles. The van der Waals surface area contributed by atoms with Crippen LogP contribution in [0.2, 0.25) is 0 Å². The summed E-state index contributed by atoms with van der Waals surface area (Å²) >= 11 is 0. The highest BCUT2D eigenvalue weighted by Crippen LogP contribution is 2.50. The Labute approximate surface area is 121 Å². The number of aliphatic hydroxyl groups excluding tert-OH is 2. The third-order valence-electron chi connectivity index (χ3n) is 4.00. The predicted octanol–water partition coefficient (Wildman–Crippen LogP) is 2.56. The van der Waals surface area contributed by atoms with Crippen LogP contribution in [0.3, 0.4) is 0 Å². The second kappa shape index (κ2) is 6.02. The molecule has 3 N–H and O–H groups in total. The molecule has 0 saturated heterocycles. The maximum absolute atomic E-state index is 10.1. The molecule has 0 spiro atoms. The summed E-state index contributed by atoms with van der Waals surface area (Å²) in [6, 6.07) is 0. The quantitative estimate of drug-likeness (QED) is 0.740. The second-order valence-corrected chi connectivity index (χ2v) is 5.72. The van der Waals surface area contributed by atoms with E-state index in [0.717, 1.165) is 28.0 Å². The van der Waals surface area contributed by atoms with E-state index in [1.54, 1.807) is 6.92 Å². The Balaban J connectivity index is 0.000000612. The molecular weight excluding hydrogens is 256 g/mol. The monoisotopic (exact) mass is 282 g/mol. The molecule has 1 aromatic rings. The highest BCUT2D eigenvalue weighted by atomic mass is 16.5. The number of fused-ring (bicyclic) bond motifs is 1. The largest absolute Gasteiger partial charge is 0.507 e. The van der Waals surface area contributed by atoms with E-state index in [1.165, 1.54) is 0 Å². The first-order valence-electron chi connectivity index (χ1n) is 6.96. The van der Waals surface area contributed by atoms with E-state index in [4.69, 9.17) is 9.84 Å². The lowest BCUT2D eigenvalue weighted by Crippen LogP contribution is -2.32. The Kier molecular flexibility index (Phi) is 5.05. The van der Waals surface area contributed by atoms with Gasteiger partial charge in [0.05, 0.1) is 12.5 Å². The summed E-state index contributed by atoms with van der Waals surface area (Å²) in [7, 11) is 0. The van der Waals surface area contributed by atoms with E-state index in [-0.39, 0.29) is 19.1 Å². The molecule has 2 rings (SSSR count). The lowest BCUT2D eigenvalue weighted by Gasteiger charge is -2.25. The van der Waals surface area contributed by atoms with Crippen molar-refractivity contribution in [2.75, 3.05) is 13.2 Å². The van der Waals surface area contributed by atoms with Crippen molar-refractivity contribution in [1.82, 2.24) is 0 Å². The van der Waals surface area contributed by atoms with Crippen molar-refractivity contribution in [3.63, 3.8) is 0 Å². The minimum absolute atomic E-state index is 0.0305. The van der Waals surface area contributed by atoms with E-state index in [1.807, 2.05) is 34.6 Å². The highest BCUT2D eigenvalue weighted by Gasteiger charge is 2.43. The summed E-state index contributed by atoms with van der Waals surface area (Å²) in [5.74, 6) is 1.07. The SMILES string of the molecule is CCO.Cc1c(C)c2c(c(C)c1O)C(CO)C(C)(C)O2. The van der Waals surface area contributed by atoms with E-state index in [2.05, 4.69) is 0 Å². The van der Waals surface area contributed by atoms with Gasteiger partial charge in [-0.3, -0.25) is 0 Å². The average Bonchev–Trinajstić information content (AvgIpc) is 2.65. The second-order valence-electron chi connectivity index (χ2n) is 5.72. The fourth-order valence-electron chi connectivity index (χ4n) is 2.67. The number of ether oxygens (including phenoxy) is 1. The summed E-state index contributed by atoms with van der Waals surface area (Å²) in [4.78, 5) is 0. The maximum Gasteiger partial charge on any atom is 0.127 e. The number of phenols is 1. The lowest BCUT2D eigenvalue weighted by atomic mass is 9.84. The molecule has 1 aliphatic rings. The molecule has 1 unspecified atom stereocenters. The number of phenolic OH excluding ortho intramolecular Hbond substituents is 1. The molecule has 20 heavy (non-hydrogen) atoms. The van der Waals surface area contributed by atoms with Crippen molar-refractivity contribution in [3.8, 4) is 11.5 Å². The first-order valence-corrected chi connectivity index (χ1v) is 6.96. The Hall–Kier alpha value is -1.26. The molecule has 1 heterocycles.